The fourth-order valence-electron chi connectivity index (χ4n) is 4.00. The van der Waals surface area contributed by atoms with Crippen LogP contribution in [0.5, 0.6) is 0 Å². The Morgan fingerprint density at radius 3 is 3.07 bits per heavy atom. The predicted molar refractivity (Wildman–Crippen MR) is 106 cm³/mol. The maximum Gasteiger partial charge on any atom is 0.267 e. The van der Waals surface area contributed by atoms with Crippen LogP contribution in [0.1, 0.15) is 36.2 Å². The molecule has 1 fully saturated rings. The number of piperidine rings is 1. The van der Waals surface area contributed by atoms with Crippen LogP contribution >= 0.6 is 0 Å². The maximum atomic E-state index is 12.4. The second-order valence-corrected chi connectivity index (χ2v) is 7.59. The molecule has 2 aliphatic heterocycles. The van der Waals surface area contributed by atoms with Crippen molar-refractivity contribution in [3.8, 4) is 0 Å². The van der Waals surface area contributed by atoms with Crippen molar-refractivity contribution < 1.29 is 4.74 Å². The van der Waals surface area contributed by atoms with Crippen LogP contribution in [-0.2, 0) is 24.3 Å². The number of nitrogens with zero attached hydrogens (tertiary/aromatic N) is 5. The first-order valence-electron chi connectivity index (χ1n) is 10.1. The van der Waals surface area contributed by atoms with Crippen LogP contribution in [0.3, 0.4) is 0 Å². The predicted octanol–water partition coefficient (Wildman–Crippen LogP) is 1.38. The molecule has 8 nitrogen and oxygen atoms in total. The van der Waals surface area contributed by atoms with E-state index >= 15 is 0 Å². The number of hydrogen-bond acceptors (Lipinski definition) is 7. The van der Waals surface area contributed by atoms with Gasteiger partial charge in [-0.25, -0.2) is 14.6 Å². The van der Waals surface area contributed by atoms with E-state index in [0.29, 0.717) is 25.8 Å². The van der Waals surface area contributed by atoms with Gasteiger partial charge >= 0.3 is 0 Å². The molecule has 0 aliphatic carbocycles. The first-order valence-corrected chi connectivity index (χ1v) is 10.1. The van der Waals surface area contributed by atoms with Crippen molar-refractivity contribution in [2.24, 2.45) is 0 Å². The highest BCUT2D eigenvalue weighted by molar-refractivity contribution is 5.34. The van der Waals surface area contributed by atoms with Gasteiger partial charge in [0.1, 0.15) is 12.1 Å². The van der Waals surface area contributed by atoms with Crippen LogP contribution in [0, 0.1) is 6.92 Å². The van der Waals surface area contributed by atoms with Crippen LogP contribution in [0.25, 0.3) is 0 Å². The molecule has 2 aromatic heterocycles. The summed E-state index contributed by atoms with van der Waals surface area (Å²) in [5, 5.41) is 8.04. The highest BCUT2D eigenvalue weighted by Gasteiger charge is 2.22. The van der Waals surface area contributed by atoms with Crippen LogP contribution in [0.15, 0.2) is 23.3 Å². The standard InChI is InChI=1S/C20H28N6O2/c1-15-10-19(23-14-22-15)21-12-17-4-2-3-6-25(17)7-8-26-20(27)11-16-13-28-9-5-18(16)24-26/h10-11,14,17H,2-9,12-13H2,1H3,(H,21,22,23). The highest BCUT2D eigenvalue weighted by atomic mass is 16.5. The molecule has 1 saturated heterocycles. The molecule has 0 amide bonds. The summed E-state index contributed by atoms with van der Waals surface area (Å²) >= 11 is 0. The van der Waals surface area contributed by atoms with Crippen LogP contribution in [0.4, 0.5) is 5.82 Å². The van der Waals surface area contributed by atoms with Gasteiger partial charge in [-0.15, -0.1) is 0 Å². The van der Waals surface area contributed by atoms with Gasteiger partial charge in [0.25, 0.3) is 5.56 Å². The lowest BCUT2D eigenvalue weighted by Crippen LogP contribution is -2.46. The molecule has 0 bridgehead atoms. The zero-order valence-corrected chi connectivity index (χ0v) is 16.4. The normalized spacial score (nSPS) is 20.0. The molecule has 8 heteroatoms. The van der Waals surface area contributed by atoms with E-state index in [1.807, 2.05) is 13.0 Å². The van der Waals surface area contributed by atoms with Gasteiger partial charge < -0.3 is 10.1 Å². The average Bonchev–Trinajstić information content (AvgIpc) is 2.71. The fraction of sp³-hybridized carbons (Fsp3) is 0.600. The van der Waals surface area contributed by atoms with E-state index in [9.17, 15) is 4.79 Å². The summed E-state index contributed by atoms with van der Waals surface area (Å²) in [6.07, 6.45) is 5.97. The number of ether oxygens (including phenoxy) is 1. The fourth-order valence-corrected chi connectivity index (χ4v) is 4.00. The molecular weight excluding hydrogens is 356 g/mol. The number of aromatic nitrogens is 4. The Morgan fingerprint density at radius 2 is 2.18 bits per heavy atom. The molecule has 0 saturated carbocycles. The third-order valence-electron chi connectivity index (χ3n) is 5.58. The summed E-state index contributed by atoms with van der Waals surface area (Å²) in [5.41, 5.74) is 2.86. The highest BCUT2D eigenvalue weighted by Crippen LogP contribution is 2.18. The van der Waals surface area contributed by atoms with Crippen LogP contribution in [-0.4, -0.2) is 56.9 Å². The summed E-state index contributed by atoms with van der Waals surface area (Å²) < 4.78 is 7.04. The maximum absolute atomic E-state index is 12.4. The molecule has 0 aromatic carbocycles. The Kier molecular flexibility index (Phi) is 5.97. The van der Waals surface area contributed by atoms with Gasteiger partial charge in [0.2, 0.25) is 0 Å². The van der Waals surface area contributed by atoms with Crippen molar-refractivity contribution in [3.05, 3.63) is 45.8 Å². The molecule has 1 N–H and O–H groups in total. The van der Waals surface area contributed by atoms with Gasteiger partial charge in [0, 0.05) is 48.9 Å². The Balaban J connectivity index is 1.38. The van der Waals surface area contributed by atoms with Gasteiger partial charge in [-0.3, -0.25) is 9.69 Å². The van der Waals surface area contributed by atoms with Gasteiger partial charge in [0.15, 0.2) is 0 Å². The number of nitrogens with one attached hydrogen (secondary N) is 1. The number of fused-ring (bicyclic) bond motifs is 1. The van der Waals surface area contributed by atoms with Crippen molar-refractivity contribution in [2.75, 3.05) is 31.6 Å². The Labute approximate surface area is 164 Å². The second kappa shape index (κ2) is 8.79. The zero-order valence-electron chi connectivity index (χ0n) is 16.4. The minimum absolute atomic E-state index is 0.0348. The summed E-state index contributed by atoms with van der Waals surface area (Å²) in [5.74, 6) is 0.868. The molecule has 0 spiro atoms. The number of aryl methyl sites for hydroxylation is 1. The Bertz CT molecular complexity index is 868. The van der Waals surface area contributed by atoms with Gasteiger partial charge in [-0.05, 0) is 26.3 Å². The average molecular weight is 384 g/mol. The largest absolute Gasteiger partial charge is 0.376 e. The summed E-state index contributed by atoms with van der Waals surface area (Å²) in [6.45, 7) is 6.51. The number of hydrogen-bond donors (Lipinski definition) is 1. The summed E-state index contributed by atoms with van der Waals surface area (Å²) in [7, 11) is 0. The molecule has 2 aromatic rings. The lowest BCUT2D eigenvalue weighted by atomic mass is 10.0. The Hall–Kier alpha value is -2.32. The minimum Gasteiger partial charge on any atom is -0.376 e. The molecule has 28 heavy (non-hydrogen) atoms. The van der Waals surface area contributed by atoms with E-state index in [4.69, 9.17) is 4.74 Å². The molecule has 1 atom stereocenters. The molecule has 150 valence electrons. The lowest BCUT2D eigenvalue weighted by Gasteiger charge is -2.36. The van der Waals surface area contributed by atoms with E-state index < -0.39 is 0 Å². The third kappa shape index (κ3) is 4.56. The van der Waals surface area contributed by atoms with E-state index in [0.717, 1.165) is 55.2 Å². The van der Waals surface area contributed by atoms with Crippen molar-refractivity contribution in [1.82, 2.24) is 24.6 Å². The number of likely N-dealkylation sites (tertiary alicyclic amines) is 1. The van der Waals surface area contributed by atoms with Crippen molar-refractivity contribution >= 4 is 5.82 Å². The lowest BCUT2D eigenvalue weighted by molar-refractivity contribution is 0.107. The number of anilines is 1. The number of rotatable bonds is 6. The molecule has 1 unspecified atom stereocenters. The monoisotopic (exact) mass is 384 g/mol. The van der Waals surface area contributed by atoms with E-state index in [1.54, 1.807) is 17.1 Å². The van der Waals surface area contributed by atoms with Gasteiger partial charge in [-0.1, -0.05) is 6.42 Å². The van der Waals surface area contributed by atoms with Gasteiger partial charge in [0.05, 0.1) is 25.5 Å². The van der Waals surface area contributed by atoms with Crippen molar-refractivity contribution in [2.45, 2.75) is 51.8 Å². The zero-order chi connectivity index (χ0) is 19.3. The SMILES string of the molecule is Cc1cc(NCC2CCCCN2CCn2nc3c(cc2=O)COCC3)ncn1. The van der Waals surface area contributed by atoms with Gasteiger partial charge in [-0.2, -0.15) is 5.10 Å². The van der Waals surface area contributed by atoms with Crippen LogP contribution in [0.2, 0.25) is 0 Å². The summed E-state index contributed by atoms with van der Waals surface area (Å²) in [4.78, 5) is 23.3. The topological polar surface area (TPSA) is 85.2 Å². The van der Waals surface area contributed by atoms with Crippen molar-refractivity contribution in [3.63, 3.8) is 0 Å². The smallest absolute Gasteiger partial charge is 0.267 e. The minimum atomic E-state index is -0.0348. The molecule has 4 heterocycles. The quantitative estimate of drug-likeness (QED) is 0.805. The van der Waals surface area contributed by atoms with Crippen LogP contribution < -0.4 is 10.9 Å². The van der Waals surface area contributed by atoms with E-state index in [-0.39, 0.29) is 5.56 Å². The van der Waals surface area contributed by atoms with E-state index in [2.05, 4.69) is 25.3 Å². The second-order valence-electron chi connectivity index (χ2n) is 7.59. The first kappa shape index (κ1) is 19.0. The first-order chi connectivity index (χ1) is 13.7. The third-order valence-corrected chi connectivity index (χ3v) is 5.58. The molecular formula is C20H28N6O2. The molecule has 4 rings (SSSR count). The molecule has 2 aliphatic rings. The van der Waals surface area contributed by atoms with Crippen molar-refractivity contribution in [1.29, 1.82) is 0 Å². The van der Waals surface area contributed by atoms with E-state index in [1.165, 1.54) is 12.8 Å². The molecule has 0 radical (unpaired) electrons. The Morgan fingerprint density at radius 1 is 1.25 bits per heavy atom. The summed E-state index contributed by atoms with van der Waals surface area (Å²) in [6, 6.07) is 4.09.